The van der Waals surface area contributed by atoms with Gasteiger partial charge in [-0.25, -0.2) is 4.39 Å². The molecule has 1 aromatic carbocycles. The van der Waals surface area contributed by atoms with Crippen LogP contribution in [-0.4, -0.2) is 22.9 Å². The van der Waals surface area contributed by atoms with Crippen molar-refractivity contribution in [2.75, 3.05) is 6.54 Å². The van der Waals surface area contributed by atoms with E-state index in [0.717, 1.165) is 12.0 Å². The molecule has 4 heteroatoms. The van der Waals surface area contributed by atoms with E-state index < -0.39 is 5.54 Å². The molecule has 1 aromatic rings. The summed E-state index contributed by atoms with van der Waals surface area (Å²) >= 11 is 0. The van der Waals surface area contributed by atoms with Crippen LogP contribution in [0, 0.1) is 5.82 Å². The van der Waals surface area contributed by atoms with Gasteiger partial charge < -0.3 is 4.90 Å². The fourth-order valence-corrected chi connectivity index (χ4v) is 2.36. The molecule has 2 atom stereocenters. The third-order valence-corrected chi connectivity index (χ3v) is 3.73. The Hall–Kier alpha value is -1.42. The highest BCUT2D eigenvalue weighted by Gasteiger charge is 2.46. The maximum absolute atomic E-state index is 12.9. The molecule has 1 saturated heterocycles. The van der Waals surface area contributed by atoms with E-state index in [-0.39, 0.29) is 17.9 Å². The second-order valence-electron chi connectivity index (χ2n) is 4.88. The predicted molar refractivity (Wildman–Crippen MR) is 68.4 cm³/mol. The van der Waals surface area contributed by atoms with Crippen molar-refractivity contribution in [2.24, 2.45) is 0 Å². The van der Waals surface area contributed by atoms with Crippen molar-refractivity contribution in [3.05, 3.63) is 35.6 Å². The monoisotopic (exact) mass is 250 g/mol. The number of hydrogen-bond donors (Lipinski definition) is 1. The van der Waals surface area contributed by atoms with Gasteiger partial charge >= 0.3 is 0 Å². The molecule has 1 amide bonds. The van der Waals surface area contributed by atoms with E-state index in [2.05, 4.69) is 5.32 Å². The zero-order valence-corrected chi connectivity index (χ0v) is 11.0. The van der Waals surface area contributed by atoms with Crippen molar-refractivity contribution in [1.29, 1.82) is 0 Å². The highest BCUT2D eigenvalue weighted by molar-refractivity contribution is 5.88. The third-order valence-electron chi connectivity index (χ3n) is 3.73. The molecule has 0 bridgehead atoms. The second-order valence-corrected chi connectivity index (χ2v) is 4.88. The van der Waals surface area contributed by atoms with E-state index in [0.29, 0.717) is 6.54 Å². The van der Waals surface area contributed by atoms with Crippen LogP contribution in [0.5, 0.6) is 0 Å². The summed E-state index contributed by atoms with van der Waals surface area (Å²) in [4.78, 5) is 14.1. The average Bonchev–Trinajstić information content (AvgIpc) is 2.63. The molecule has 0 spiro atoms. The van der Waals surface area contributed by atoms with E-state index in [9.17, 15) is 9.18 Å². The van der Waals surface area contributed by atoms with Crippen LogP contribution in [0.15, 0.2) is 24.3 Å². The molecule has 2 unspecified atom stereocenters. The fourth-order valence-electron chi connectivity index (χ4n) is 2.36. The van der Waals surface area contributed by atoms with Crippen LogP contribution in [0.3, 0.4) is 0 Å². The number of carbonyl (C=O) groups is 1. The summed E-state index contributed by atoms with van der Waals surface area (Å²) in [5.74, 6) is -0.147. The molecular weight excluding hydrogens is 231 g/mol. The van der Waals surface area contributed by atoms with Gasteiger partial charge in [0.1, 0.15) is 12.0 Å². The molecule has 2 rings (SSSR count). The normalized spacial score (nSPS) is 27.9. The van der Waals surface area contributed by atoms with E-state index in [4.69, 9.17) is 0 Å². The van der Waals surface area contributed by atoms with Crippen LogP contribution in [0.1, 0.15) is 38.9 Å². The first kappa shape index (κ1) is 13.0. The summed E-state index contributed by atoms with van der Waals surface area (Å²) in [5, 5.41) is 3.36. The lowest BCUT2D eigenvalue weighted by Gasteiger charge is -2.22. The van der Waals surface area contributed by atoms with E-state index in [1.54, 1.807) is 17.0 Å². The maximum atomic E-state index is 12.9. The summed E-state index contributed by atoms with van der Waals surface area (Å²) in [6.07, 6.45) is 0.577. The molecule has 0 aliphatic carbocycles. The van der Waals surface area contributed by atoms with Gasteiger partial charge in [-0.15, -0.1) is 0 Å². The maximum Gasteiger partial charge on any atom is 0.244 e. The molecule has 0 radical (unpaired) electrons. The summed E-state index contributed by atoms with van der Waals surface area (Å²) in [7, 11) is 0. The Morgan fingerprint density at radius 2 is 1.94 bits per heavy atom. The molecule has 98 valence electrons. The molecule has 0 saturated carbocycles. The lowest BCUT2D eigenvalue weighted by Crippen LogP contribution is -2.42. The number of nitrogens with one attached hydrogen (secondary N) is 1. The quantitative estimate of drug-likeness (QED) is 0.893. The molecule has 1 aliphatic heterocycles. The third kappa shape index (κ3) is 2.01. The molecule has 1 N–H and O–H groups in total. The number of nitrogens with zero attached hydrogens (tertiary/aromatic N) is 1. The van der Waals surface area contributed by atoms with Crippen molar-refractivity contribution >= 4 is 5.91 Å². The first-order chi connectivity index (χ1) is 8.51. The SMILES string of the molecule is CCN1C(=O)C(C)(CC)NC1c1ccc(F)cc1. The molecule has 3 nitrogen and oxygen atoms in total. The van der Waals surface area contributed by atoms with E-state index >= 15 is 0 Å². The van der Waals surface area contributed by atoms with Gasteiger partial charge in [-0.05, 0) is 38.0 Å². The number of likely N-dealkylation sites (N-methyl/N-ethyl adjacent to an activating group) is 1. The van der Waals surface area contributed by atoms with Gasteiger partial charge in [-0.3, -0.25) is 10.1 Å². The highest BCUT2D eigenvalue weighted by atomic mass is 19.1. The van der Waals surface area contributed by atoms with Crippen LogP contribution >= 0.6 is 0 Å². The lowest BCUT2D eigenvalue weighted by atomic mass is 9.99. The minimum Gasteiger partial charge on any atom is -0.322 e. The smallest absolute Gasteiger partial charge is 0.244 e. The first-order valence-electron chi connectivity index (χ1n) is 6.36. The lowest BCUT2D eigenvalue weighted by molar-refractivity contribution is -0.132. The van der Waals surface area contributed by atoms with Crippen LogP contribution in [-0.2, 0) is 4.79 Å². The van der Waals surface area contributed by atoms with Gasteiger partial charge in [0.05, 0.1) is 5.54 Å². The Kier molecular flexibility index (Phi) is 3.39. The summed E-state index contributed by atoms with van der Waals surface area (Å²) < 4.78 is 12.9. The largest absolute Gasteiger partial charge is 0.322 e. The van der Waals surface area contributed by atoms with Gasteiger partial charge in [0, 0.05) is 6.54 Å². The van der Waals surface area contributed by atoms with Crippen molar-refractivity contribution in [3.8, 4) is 0 Å². The fraction of sp³-hybridized carbons (Fsp3) is 0.500. The van der Waals surface area contributed by atoms with Crippen LogP contribution in [0.2, 0.25) is 0 Å². The Bertz CT molecular complexity index is 446. The van der Waals surface area contributed by atoms with E-state index in [1.807, 2.05) is 20.8 Å². The predicted octanol–water partition coefficient (Wildman–Crippen LogP) is 2.44. The topological polar surface area (TPSA) is 32.3 Å². The second kappa shape index (κ2) is 4.69. The summed E-state index contributed by atoms with van der Waals surface area (Å²) in [6.45, 7) is 6.51. The minimum absolute atomic E-state index is 0.113. The average molecular weight is 250 g/mol. The Morgan fingerprint density at radius 1 is 1.33 bits per heavy atom. The van der Waals surface area contributed by atoms with Gasteiger partial charge in [-0.1, -0.05) is 19.1 Å². The molecule has 1 fully saturated rings. The number of rotatable bonds is 3. The number of carbonyl (C=O) groups excluding carboxylic acids is 1. The van der Waals surface area contributed by atoms with Gasteiger partial charge in [-0.2, -0.15) is 0 Å². The van der Waals surface area contributed by atoms with Crippen LogP contribution in [0.25, 0.3) is 0 Å². The number of amides is 1. The Labute approximate surface area is 107 Å². The van der Waals surface area contributed by atoms with Crippen molar-refractivity contribution in [1.82, 2.24) is 10.2 Å². The number of halogens is 1. The van der Waals surface area contributed by atoms with Crippen molar-refractivity contribution < 1.29 is 9.18 Å². The van der Waals surface area contributed by atoms with Crippen molar-refractivity contribution in [3.63, 3.8) is 0 Å². The standard InChI is InChI=1S/C14H19FN2O/c1-4-14(3)13(18)17(5-2)12(16-14)10-6-8-11(15)9-7-10/h6-9,12,16H,4-5H2,1-3H3. The van der Waals surface area contributed by atoms with Crippen LogP contribution in [0.4, 0.5) is 4.39 Å². The minimum atomic E-state index is -0.519. The zero-order chi connectivity index (χ0) is 13.3. The molecular formula is C14H19FN2O. The number of benzene rings is 1. The van der Waals surface area contributed by atoms with Gasteiger partial charge in [0.15, 0.2) is 0 Å². The molecule has 0 aromatic heterocycles. The van der Waals surface area contributed by atoms with E-state index in [1.165, 1.54) is 12.1 Å². The first-order valence-corrected chi connectivity index (χ1v) is 6.36. The van der Waals surface area contributed by atoms with Gasteiger partial charge in [0.25, 0.3) is 0 Å². The zero-order valence-electron chi connectivity index (χ0n) is 11.0. The summed E-state index contributed by atoms with van der Waals surface area (Å²) in [5.41, 5.74) is 0.401. The highest BCUT2D eigenvalue weighted by Crippen LogP contribution is 2.32. The number of hydrogen-bond acceptors (Lipinski definition) is 2. The molecule has 18 heavy (non-hydrogen) atoms. The van der Waals surface area contributed by atoms with Crippen molar-refractivity contribution in [2.45, 2.75) is 38.9 Å². The molecule has 1 heterocycles. The molecule has 1 aliphatic rings. The summed E-state index contributed by atoms with van der Waals surface area (Å²) in [6, 6.07) is 6.31. The van der Waals surface area contributed by atoms with Gasteiger partial charge in [0.2, 0.25) is 5.91 Å². The Balaban J connectivity index is 2.33. The van der Waals surface area contributed by atoms with Crippen LogP contribution < -0.4 is 5.32 Å². The Morgan fingerprint density at radius 3 is 2.44 bits per heavy atom.